The second-order valence-corrected chi connectivity index (χ2v) is 4.97. The van der Waals surface area contributed by atoms with Gasteiger partial charge >= 0.3 is 0 Å². The lowest BCUT2D eigenvalue weighted by atomic mass is 10.1. The second-order valence-electron chi connectivity index (χ2n) is 4.53. The Balaban J connectivity index is 1.96. The largest absolute Gasteiger partial charge is 0.352 e. The number of rotatable bonds is 4. The van der Waals surface area contributed by atoms with E-state index in [-0.39, 0.29) is 24.4 Å². The minimum Gasteiger partial charge on any atom is -0.352 e. The van der Waals surface area contributed by atoms with E-state index in [2.05, 4.69) is 5.32 Å². The van der Waals surface area contributed by atoms with Gasteiger partial charge in [-0.05, 0) is 23.8 Å². The Morgan fingerprint density at radius 2 is 2.10 bits per heavy atom. The Labute approximate surface area is 122 Å². The fourth-order valence-corrected chi connectivity index (χ4v) is 2.09. The number of hydrogen-bond acceptors (Lipinski definition) is 2. The topological polar surface area (TPSA) is 51.1 Å². The fourth-order valence-electron chi connectivity index (χ4n) is 1.88. The zero-order valence-corrected chi connectivity index (χ0v) is 11.9. The number of aromatic nitrogens is 1. The van der Waals surface area contributed by atoms with Gasteiger partial charge in [0.1, 0.15) is 0 Å². The van der Waals surface area contributed by atoms with Crippen LogP contribution in [0.2, 0.25) is 5.02 Å². The van der Waals surface area contributed by atoms with E-state index in [1.54, 1.807) is 43.6 Å². The molecule has 1 aromatic carbocycles. The molecule has 1 aromatic heterocycles. The van der Waals surface area contributed by atoms with Crippen LogP contribution in [-0.4, -0.2) is 10.5 Å². The highest BCUT2D eigenvalue weighted by molar-refractivity contribution is 6.30. The zero-order valence-electron chi connectivity index (χ0n) is 11.1. The van der Waals surface area contributed by atoms with Gasteiger partial charge in [-0.1, -0.05) is 29.8 Å². The van der Waals surface area contributed by atoms with Crippen LogP contribution in [0.15, 0.2) is 47.4 Å². The van der Waals surface area contributed by atoms with E-state index >= 15 is 0 Å². The van der Waals surface area contributed by atoms with Gasteiger partial charge in [0.25, 0.3) is 5.56 Å². The summed E-state index contributed by atoms with van der Waals surface area (Å²) in [5.41, 5.74) is 1.31. The summed E-state index contributed by atoms with van der Waals surface area (Å²) in [6, 6.07) is 10.6. The minimum absolute atomic E-state index is 0.101. The SMILES string of the molecule is Cn1cccc(CNC(=O)Cc2cccc(Cl)c2)c1=O. The molecule has 0 saturated carbocycles. The number of benzene rings is 1. The molecule has 2 aromatic rings. The molecule has 0 spiro atoms. The molecule has 0 unspecified atom stereocenters. The zero-order chi connectivity index (χ0) is 14.5. The van der Waals surface area contributed by atoms with E-state index in [1.807, 2.05) is 6.07 Å². The highest BCUT2D eigenvalue weighted by Crippen LogP contribution is 2.10. The Kier molecular flexibility index (Phi) is 4.58. The average Bonchev–Trinajstić information content (AvgIpc) is 2.40. The van der Waals surface area contributed by atoms with E-state index in [0.29, 0.717) is 10.6 Å². The van der Waals surface area contributed by atoms with Gasteiger partial charge in [-0.2, -0.15) is 0 Å². The monoisotopic (exact) mass is 290 g/mol. The summed E-state index contributed by atoms with van der Waals surface area (Å²) in [6.07, 6.45) is 1.92. The molecule has 0 aliphatic heterocycles. The first-order chi connectivity index (χ1) is 9.56. The standard InChI is InChI=1S/C15H15ClN2O2/c1-18-7-3-5-12(15(18)20)10-17-14(19)9-11-4-2-6-13(16)8-11/h2-8H,9-10H2,1H3,(H,17,19). The van der Waals surface area contributed by atoms with E-state index < -0.39 is 0 Å². The number of pyridine rings is 1. The molecular formula is C15H15ClN2O2. The Morgan fingerprint density at radius 1 is 1.30 bits per heavy atom. The molecule has 0 radical (unpaired) electrons. The van der Waals surface area contributed by atoms with Crippen LogP contribution < -0.4 is 10.9 Å². The van der Waals surface area contributed by atoms with Crippen molar-refractivity contribution in [3.05, 3.63) is 69.1 Å². The minimum atomic E-state index is -0.141. The summed E-state index contributed by atoms with van der Waals surface area (Å²) >= 11 is 5.86. The molecule has 0 aliphatic rings. The summed E-state index contributed by atoms with van der Waals surface area (Å²) in [6.45, 7) is 0.229. The van der Waals surface area contributed by atoms with Crippen molar-refractivity contribution < 1.29 is 4.79 Å². The first-order valence-corrected chi connectivity index (χ1v) is 6.60. The number of nitrogens with one attached hydrogen (secondary N) is 1. The summed E-state index contributed by atoms with van der Waals surface area (Å²) in [4.78, 5) is 23.6. The molecule has 1 N–H and O–H groups in total. The summed E-state index contributed by atoms with van der Waals surface area (Å²) in [5.74, 6) is -0.141. The van der Waals surface area contributed by atoms with E-state index in [4.69, 9.17) is 11.6 Å². The lowest BCUT2D eigenvalue weighted by Crippen LogP contribution is -2.29. The number of aryl methyl sites for hydroxylation is 1. The van der Waals surface area contributed by atoms with Gasteiger partial charge in [-0.25, -0.2) is 0 Å². The molecule has 0 saturated heterocycles. The highest BCUT2D eigenvalue weighted by atomic mass is 35.5. The van der Waals surface area contributed by atoms with Crippen LogP contribution in [-0.2, 0) is 24.8 Å². The van der Waals surface area contributed by atoms with E-state index in [1.165, 1.54) is 4.57 Å². The van der Waals surface area contributed by atoms with E-state index in [9.17, 15) is 9.59 Å². The van der Waals surface area contributed by atoms with Crippen molar-refractivity contribution >= 4 is 17.5 Å². The van der Waals surface area contributed by atoms with Crippen molar-refractivity contribution in [3.63, 3.8) is 0 Å². The lowest BCUT2D eigenvalue weighted by Gasteiger charge is -2.06. The van der Waals surface area contributed by atoms with Gasteiger partial charge in [-0.15, -0.1) is 0 Å². The summed E-state index contributed by atoms with van der Waals surface area (Å²) < 4.78 is 1.48. The van der Waals surface area contributed by atoms with Gasteiger partial charge in [0.2, 0.25) is 5.91 Å². The van der Waals surface area contributed by atoms with E-state index in [0.717, 1.165) is 5.56 Å². The molecule has 0 atom stereocenters. The third-order valence-electron chi connectivity index (χ3n) is 2.93. The first-order valence-electron chi connectivity index (χ1n) is 6.22. The van der Waals surface area contributed by atoms with Gasteiger partial charge in [-0.3, -0.25) is 9.59 Å². The molecule has 0 aliphatic carbocycles. The van der Waals surface area contributed by atoms with Crippen molar-refractivity contribution in [1.82, 2.24) is 9.88 Å². The van der Waals surface area contributed by atoms with Crippen LogP contribution in [0, 0.1) is 0 Å². The molecule has 104 valence electrons. The Morgan fingerprint density at radius 3 is 2.85 bits per heavy atom. The van der Waals surface area contributed by atoms with Gasteiger partial charge in [0, 0.05) is 30.4 Å². The Bertz CT molecular complexity index is 680. The maximum Gasteiger partial charge on any atom is 0.255 e. The predicted molar refractivity (Wildman–Crippen MR) is 78.7 cm³/mol. The van der Waals surface area contributed by atoms with Crippen molar-refractivity contribution in [2.45, 2.75) is 13.0 Å². The maximum atomic E-state index is 11.8. The lowest BCUT2D eigenvalue weighted by molar-refractivity contribution is -0.120. The Hall–Kier alpha value is -2.07. The summed E-state index contributed by atoms with van der Waals surface area (Å²) in [7, 11) is 1.68. The van der Waals surface area contributed by atoms with Gasteiger partial charge in [0.15, 0.2) is 0 Å². The van der Waals surface area contributed by atoms with Crippen LogP contribution in [0.3, 0.4) is 0 Å². The number of halogens is 1. The molecule has 0 bridgehead atoms. The highest BCUT2D eigenvalue weighted by Gasteiger charge is 2.06. The van der Waals surface area contributed by atoms with Gasteiger partial charge < -0.3 is 9.88 Å². The maximum absolute atomic E-state index is 11.8. The molecular weight excluding hydrogens is 276 g/mol. The van der Waals surface area contributed by atoms with Crippen LogP contribution in [0.25, 0.3) is 0 Å². The van der Waals surface area contributed by atoms with Gasteiger partial charge in [0.05, 0.1) is 6.42 Å². The average molecular weight is 291 g/mol. The van der Waals surface area contributed by atoms with Crippen LogP contribution in [0.5, 0.6) is 0 Å². The number of amides is 1. The van der Waals surface area contributed by atoms with Crippen molar-refractivity contribution in [1.29, 1.82) is 0 Å². The molecule has 1 heterocycles. The third-order valence-corrected chi connectivity index (χ3v) is 3.17. The van der Waals surface area contributed by atoms with Crippen molar-refractivity contribution in [2.24, 2.45) is 7.05 Å². The first kappa shape index (κ1) is 14.3. The van der Waals surface area contributed by atoms with Crippen LogP contribution >= 0.6 is 11.6 Å². The van der Waals surface area contributed by atoms with Crippen molar-refractivity contribution in [3.8, 4) is 0 Å². The smallest absolute Gasteiger partial charge is 0.255 e. The van der Waals surface area contributed by atoms with Crippen LogP contribution in [0.4, 0.5) is 0 Å². The van der Waals surface area contributed by atoms with Crippen LogP contribution in [0.1, 0.15) is 11.1 Å². The molecule has 5 heteroatoms. The molecule has 4 nitrogen and oxygen atoms in total. The summed E-state index contributed by atoms with van der Waals surface area (Å²) in [5, 5.41) is 3.34. The third kappa shape index (κ3) is 3.71. The molecule has 2 rings (SSSR count). The second kappa shape index (κ2) is 6.39. The molecule has 20 heavy (non-hydrogen) atoms. The predicted octanol–water partition coefficient (Wildman–Crippen LogP) is 1.90. The number of carbonyl (C=O) groups is 1. The normalized spacial score (nSPS) is 10.3. The molecule has 1 amide bonds. The fraction of sp³-hybridized carbons (Fsp3) is 0.200. The number of nitrogens with zero attached hydrogens (tertiary/aromatic N) is 1. The molecule has 0 fully saturated rings. The number of hydrogen-bond donors (Lipinski definition) is 1. The quantitative estimate of drug-likeness (QED) is 0.935. The number of carbonyl (C=O) groups excluding carboxylic acids is 1. The van der Waals surface area contributed by atoms with Crippen molar-refractivity contribution in [2.75, 3.05) is 0 Å².